The molecule has 0 spiro atoms. The lowest BCUT2D eigenvalue weighted by atomic mass is 10.0. The van der Waals surface area contributed by atoms with Crippen LogP contribution in [0.2, 0.25) is 0 Å². The Labute approximate surface area is 130 Å². The van der Waals surface area contributed by atoms with E-state index in [-0.39, 0.29) is 13.2 Å². The van der Waals surface area contributed by atoms with Crippen molar-refractivity contribution in [3.05, 3.63) is 0 Å². The molecule has 0 aromatic rings. The highest BCUT2D eigenvalue weighted by molar-refractivity contribution is 5.82. The first-order valence-electron chi connectivity index (χ1n) is 7.47. The van der Waals surface area contributed by atoms with Crippen molar-refractivity contribution in [2.75, 3.05) is 13.2 Å². The van der Waals surface area contributed by atoms with Gasteiger partial charge in [-0.1, -0.05) is 0 Å². The molecule has 22 heavy (non-hydrogen) atoms. The highest BCUT2D eigenvalue weighted by atomic mass is 16.6. The Hall–Kier alpha value is -1.79. The molecule has 0 bridgehead atoms. The Morgan fingerprint density at radius 2 is 1.82 bits per heavy atom. The Morgan fingerprint density at radius 3 is 2.32 bits per heavy atom. The molecule has 2 atom stereocenters. The van der Waals surface area contributed by atoms with Crippen molar-refractivity contribution in [2.45, 2.75) is 65.2 Å². The summed E-state index contributed by atoms with van der Waals surface area (Å²) in [7, 11) is 0. The molecule has 1 aliphatic heterocycles. The third kappa shape index (κ3) is 5.54. The van der Waals surface area contributed by atoms with Gasteiger partial charge in [-0.15, -0.1) is 0 Å². The summed E-state index contributed by atoms with van der Waals surface area (Å²) in [6.45, 7) is 8.63. The fourth-order valence-corrected chi connectivity index (χ4v) is 2.27. The van der Waals surface area contributed by atoms with E-state index in [1.54, 1.807) is 27.7 Å². The van der Waals surface area contributed by atoms with Crippen LogP contribution < -0.4 is 0 Å². The van der Waals surface area contributed by atoms with Crippen molar-refractivity contribution in [2.24, 2.45) is 0 Å². The molecule has 1 amide bonds. The number of nitrogens with zero attached hydrogens (tertiary/aromatic N) is 1. The zero-order valence-electron chi connectivity index (χ0n) is 13.9. The maximum atomic E-state index is 12.3. The van der Waals surface area contributed by atoms with Gasteiger partial charge in [-0.25, -0.2) is 9.59 Å². The molecular weight excluding hydrogens is 290 g/mol. The van der Waals surface area contributed by atoms with Crippen LogP contribution in [0.3, 0.4) is 0 Å². The molecule has 0 unspecified atom stereocenters. The lowest BCUT2D eigenvalue weighted by Gasteiger charge is -2.38. The van der Waals surface area contributed by atoms with E-state index in [4.69, 9.17) is 14.2 Å². The van der Waals surface area contributed by atoms with E-state index in [2.05, 4.69) is 0 Å². The quantitative estimate of drug-likeness (QED) is 0.584. The van der Waals surface area contributed by atoms with Gasteiger partial charge in [0, 0.05) is 6.92 Å². The van der Waals surface area contributed by atoms with Crippen LogP contribution in [0.1, 0.15) is 47.5 Å². The van der Waals surface area contributed by atoms with Crippen LogP contribution in [-0.4, -0.2) is 53.8 Å². The summed E-state index contributed by atoms with van der Waals surface area (Å²) in [4.78, 5) is 36.7. The molecule has 0 radical (unpaired) electrons. The first-order valence-corrected chi connectivity index (χ1v) is 7.47. The second-order valence-corrected chi connectivity index (χ2v) is 6.21. The standard InChI is InChI=1S/C15H25NO6/c1-6-20-13(18)12-8-7-11(21-10(2)17)9-16(12)14(19)22-15(3,4)5/h11-12H,6-9H2,1-5H3/t11-,12+/m1/s1. The fourth-order valence-electron chi connectivity index (χ4n) is 2.27. The number of hydrogen-bond donors (Lipinski definition) is 0. The molecule has 1 aliphatic rings. The van der Waals surface area contributed by atoms with Gasteiger partial charge in [0.2, 0.25) is 0 Å². The van der Waals surface area contributed by atoms with Crippen LogP contribution in [0.15, 0.2) is 0 Å². The number of hydrogen-bond acceptors (Lipinski definition) is 6. The molecule has 7 nitrogen and oxygen atoms in total. The summed E-state index contributed by atoms with van der Waals surface area (Å²) in [5, 5.41) is 0. The first kappa shape index (κ1) is 18.3. The van der Waals surface area contributed by atoms with Crippen molar-refractivity contribution in [3.8, 4) is 0 Å². The summed E-state index contributed by atoms with van der Waals surface area (Å²) in [5.41, 5.74) is -0.676. The van der Waals surface area contributed by atoms with Crippen molar-refractivity contribution >= 4 is 18.0 Å². The Balaban J connectivity index is 2.85. The smallest absolute Gasteiger partial charge is 0.411 e. The molecule has 126 valence electrons. The number of likely N-dealkylation sites (tertiary alicyclic amines) is 1. The predicted octanol–water partition coefficient (Wildman–Crippen LogP) is 1.88. The lowest BCUT2D eigenvalue weighted by Crippen LogP contribution is -2.54. The molecule has 7 heteroatoms. The Morgan fingerprint density at radius 1 is 1.18 bits per heavy atom. The maximum Gasteiger partial charge on any atom is 0.411 e. The van der Waals surface area contributed by atoms with Gasteiger partial charge >= 0.3 is 18.0 Å². The molecule has 0 N–H and O–H groups in total. The summed E-state index contributed by atoms with van der Waals surface area (Å²) in [5.74, 6) is -0.877. The largest absolute Gasteiger partial charge is 0.464 e. The minimum Gasteiger partial charge on any atom is -0.464 e. The Kier molecular flexibility index (Phi) is 6.20. The van der Waals surface area contributed by atoms with Gasteiger partial charge in [-0.2, -0.15) is 0 Å². The van der Waals surface area contributed by atoms with Crippen molar-refractivity contribution in [1.82, 2.24) is 4.90 Å². The number of esters is 2. The van der Waals surface area contributed by atoms with E-state index in [0.717, 1.165) is 0 Å². The molecule has 1 saturated heterocycles. The minimum atomic E-state index is -0.707. The van der Waals surface area contributed by atoms with Crippen molar-refractivity contribution in [1.29, 1.82) is 0 Å². The Bertz CT molecular complexity index is 428. The molecule has 1 fully saturated rings. The molecule has 1 heterocycles. The van der Waals surface area contributed by atoms with Crippen LogP contribution in [0.4, 0.5) is 4.79 Å². The monoisotopic (exact) mass is 315 g/mol. The number of ether oxygens (including phenoxy) is 3. The lowest BCUT2D eigenvalue weighted by molar-refractivity contribution is -0.156. The molecule has 0 saturated carbocycles. The zero-order chi connectivity index (χ0) is 16.9. The number of amides is 1. The van der Waals surface area contributed by atoms with Crippen molar-refractivity contribution in [3.63, 3.8) is 0 Å². The van der Waals surface area contributed by atoms with E-state index < -0.39 is 35.8 Å². The highest BCUT2D eigenvalue weighted by Crippen LogP contribution is 2.23. The van der Waals surface area contributed by atoms with E-state index in [1.807, 2.05) is 0 Å². The second-order valence-electron chi connectivity index (χ2n) is 6.21. The van der Waals surface area contributed by atoms with E-state index in [0.29, 0.717) is 12.8 Å². The van der Waals surface area contributed by atoms with Gasteiger partial charge in [-0.05, 0) is 40.5 Å². The SMILES string of the molecule is CCOC(=O)[C@@H]1CC[C@@H](OC(C)=O)CN1C(=O)OC(C)(C)C. The van der Waals surface area contributed by atoms with Crippen LogP contribution in [-0.2, 0) is 23.8 Å². The van der Waals surface area contributed by atoms with Gasteiger partial charge in [0.05, 0.1) is 13.2 Å². The van der Waals surface area contributed by atoms with E-state index in [1.165, 1.54) is 11.8 Å². The van der Waals surface area contributed by atoms with Crippen LogP contribution in [0, 0.1) is 0 Å². The van der Waals surface area contributed by atoms with Crippen molar-refractivity contribution < 1.29 is 28.6 Å². The van der Waals surface area contributed by atoms with Gasteiger partial charge in [0.25, 0.3) is 0 Å². The summed E-state index contributed by atoms with van der Waals surface area (Å²) >= 11 is 0. The topological polar surface area (TPSA) is 82.1 Å². The average molecular weight is 315 g/mol. The molecule has 0 aromatic heterocycles. The van der Waals surface area contributed by atoms with Crippen LogP contribution in [0.25, 0.3) is 0 Å². The highest BCUT2D eigenvalue weighted by Gasteiger charge is 2.39. The van der Waals surface area contributed by atoms with Crippen LogP contribution in [0.5, 0.6) is 0 Å². The maximum absolute atomic E-state index is 12.3. The molecule has 0 aliphatic carbocycles. The van der Waals surface area contributed by atoms with Gasteiger partial charge in [0.15, 0.2) is 0 Å². The van der Waals surface area contributed by atoms with Gasteiger partial charge in [0.1, 0.15) is 17.7 Å². The average Bonchev–Trinajstić information content (AvgIpc) is 2.36. The normalized spacial score (nSPS) is 22.0. The third-order valence-corrected chi connectivity index (χ3v) is 3.06. The summed E-state index contributed by atoms with van der Waals surface area (Å²) in [6.07, 6.45) is -0.170. The summed E-state index contributed by atoms with van der Waals surface area (Å²) < 4.78 is 15.5. The number of rotatable bonds is 3. The number of carbonyl (C=O) groups is 3. The van der Waals surface area contributed by atoms with E-state index in [9.17, 15) is 14.4 Å². The predicted molar refractivity (Wildman–Crippen MR) is 78.1 cm³/mol. The number of piperidine rings is 1. The molecular formula is C15H25NO6. The minimum absolute atomic E-state index is 0.123. The van der Waals surface area contributed by atoms with Crippen LogP contribution >= 0.6 is 0 Å². The molecule has 1 rings (SSSR count). The van der Waals surface area contributed by atoms with Gasteiger partial charge < -0.3 is 14.2 Å². The van der Waals surface area contributed by atoms with E-state index >= 15 is 0 Å². The number of carbonyl (C=O) groups excluding carboxylic acids is 3. The zero-order valence-corrected chi connectivity index (χ0v) is 13.9. The second kappa shape index (κ2) is 7.47. The summed E-state index contributed by atoms with van der Waals surface area (Å²) in [6, 6.07) is -0.707. The first-order chi connectivity index (χ1) is 10.1. The molecule has 0 aromatic carbocycles. The third-order valence-electron chi connectivity index (χ3n) is 3.06. The van der Waals surface area contributed by atoms with Gasteiger partial charge in [-0.3, -0.25) is 9.69 Å². The fraction of sp³-hybridized carbons (Fsp3) is 0.800.